The average molecular weight is 425 g/mol. The molecule has 2 unspecified atom stereocenters. The van der Waals surface area contributed by atoms with Gasteiger partial charge in [-0.1, -0.05) is 32.9 Å². The van der Waals surface area contributed by atoms with Crippen LogP contribution in [0.5, 0.6) is 0 Å². The first kappa shape index (κ1) is 23.6. The molecule has 1 saturated heterocycles. The van der Waals surface area contributed by atoms with Gasteiger partial charge in [0.15, 0.2) is 5.96 Å². The van der Waals surface area contributed by atoms with E-state index in [9.17, 15) is 8.42 Å². The number of nitrogens with two attached hydrogens (primary N) is 1. The molecular weight excluding hydrogens is 388 g/mol. The number of guanidine groups is 1. The van der Waals surface area contributed by atoms with E-state index in [0.717, 1.165) is 50.5 Å². The topological polar surface area (TPSA) is 106 Å². The van der Waals surface area contributed by atoms with E-state index >= 15 is 0 Å². The van der Waals surface area contributed by atoms with Crippen LogP contribution in [0.1, 0.15) is 46.1 Å². The molecule has 0 spiro atoms. The predicted molar refractivity (Wildman–Crippen MR) is 117 cm³/mol. The quantitative estimate of drug-likeness (QED) is 0.460. The van der Waals surface area contributed by atoms with Gasteiger partial charge in [-0.05, 0) is 49.3 Å². The summed E-state index contributed by atoms with van der Waals surface area (Å²) in [6.45, 7) is 11.8. The van der Waals surface area contributed by atoms with Crippen LogP contribution in [0.15, 0.2) is 34.2 Å². The lowest BCUT2D eigenvalue weighted by Crippen LogP contribution is -2.43. The second-order valence-corrected chi connectivity index (χ2v) is 10.2. The maximum Gasteiger partial charge on any atom is 0.238 e. The van der Waals surface area contributed by atoms with E-state index in [1.165, 1.54) is 0 Å². The molecule has 164 valence electrons. The van der Waals surface area contributed by atoms with Crippen molar-refractivity contribution in [2.75, 3.05) is 26.2 Å². The van der Waals surface area contributed by atoms with Crippen molar-refractivity contribution in [3.8, 4) is 0 Å². The zero-order valence-corrected chi connectivity index (χ0v) is 18.9. The summed E-state index contributed by atoms with van der Waals surface area (Å²) in [4.78, 5) is 4.93. The number of benzene rings is 1. The number of nitrogens with zero attached hydrogens (tertiary/aromatic N) is 1. The van der Waals surface area contributed by atoms with Crippen molar-refractivity contribution in [3.05, 3.63) is 29.8 Å². The summed E-state index contributed by atoms with van der Waals surface area (Å²) in [5, 5.41) is 11.8. The molecule has 1 aliphatic heterocycles. The van der Waals surface area contributed by atoms with Crippen molar-refractivity contribution in [2.24, 2.45) is 21.5 Å². The Hall–Kier alpha value is -1.64. The van der Waals surface area contributed by atoms with Gasteiger partial charge in [-0.3, -0.25) is 4.99 Å². The average Bonchev–Trinajstić information content (AvgIpc) is 2.65. The number of hydrogen-bond donors (Lipinski definition) is 3. The van der Waals surface area contributed by atoms with Gasteiger partial charge in [0, 0.05) is 32.2 Å². The first-order valence-electron chi connectivity index (χ1n) is 10.4. The first-order chi connectivity index (χ1) is 13.6. The monoisotopic (exact) mass is 424 g/mol. The van der Waals surface area contributed by atoms with E-state index in [0.29, 0.717) is 12.5 Å². The molecule has 1 aromatic rings. The van der Waals surface area contributed by atoms with Gasteiger partial charge in [-0.15, -0.1) is 0 Å². The van der Waals surface area contributed by atoms with Crippen LogP contribution < -0.4 is 15.8 Å². The van der Waals surface area contributed by atoms with Gasteiger partial charge < -0.3 is 15.4 Å². The number of nitrogens with one attached hydrogen (secondary N) is 2. The molecule has 1 aliphatic rings. The third kappa shape index (κ3) is 7.60. The molecule has 1 aromatic carbocycles. The summed E-state index contributed by atoms with van der Waals surface area (Å²) >= 11 is 0. The molecule has 29 heavy (non-hydrogen) atoms. The van der Waals surface area contributed by atoms with Crippen molar-refractivity contribution in [1.29, 1.82) is 0 Å². The fraction of sp³-hybridized carbons (Fsp3) is 0.667. The molecule has 4 N–H and O–H groups in total. The minimum absolute atomic E-state index is 0.107. The molecule has 0 aliphatic carbocycles. The Labute approximate surface area is 175 Å². The molecule has 7 nitrogen and oxygen atoms in total. The number of primary sulfonamides is 1. The van der Waals surface area contributed by atoms with Crippen LogP contribution in [0.2, 0.25) is 0 Å². The molecular formula is C21H36N4O3S. The van der Waals surface area contributed by atoms with Crippen LogP contribution in [0.25, 0.3) is 0 Å². The van der Waals surface area contributed by atoms with Gasteiger partial charge in [0.05, 0.1) is 11.0 Å². The summed E-state index contributed by atoms with van der Waals surface area (Å²) in [6.07, 6.45) is 3.21. The molecule has 0 amide bonds. The molecule has 2 rings (SSSR count). The number of sulfonamides is 1. The Bertz CT molecular complexity index is 770. The standard InChI is InChI=1S/C21H36N4O3S/c1-5-23-20(25-15-17-7-6-14-28-19(17)21(2,3)4)24-13-12-16-8-10-18(11-9-16)29(22,26)27/h8-11,17,19H,5-7,12-15H2,1-4H3,(H2,22,26,27)(H2,23,24,25). The van der Waals surface area contributed by atoms with Crippen molar-refractivity contribution in [1.82, 2.24) is 10.6 Å². The molecule has 1 fully saturated rings. The Morgan fingerprint density at radius 2 is 1.93 bits per heavy atom. The Kier molecular flexibility index (Phi) is 8.48. The molecule has 0 radical (unpaired) electrons. The van der Waals surface area contributed by atoms with Crippen molar-refractivity contribution in [2.45, 2.75) is 58.0 Å². The number of hydrogen-bond acceptors (Lipinski definition) is 4. The maximum absolute atomic E-state index is 11.3. The highest BCUT2D eigenvalue weighted by atomic mass is 32.2. The number of aliphatic imine (C=N–C) groups is 1. The van der Waals surface area contributed by atoms with E-state index in [1.54, 1.807) is 24.3 Å². The predicted octanol–water partition coefficient (Wildman–Crippen LogP) is 2.27. The zero-order chi connectivity index (χ0) is 21.5. The van der Waals surface area contributed by atoms with Gasteiger partial charge in [0.2, 0.25) is 10.0 Å². The Balaban J connectivity index is 1.92. The highest BCUT2D eigenvalue weighted by Crippen LogP contribution is 2.34. The molecule has 0 saturated carbocycles. The molecule has 2 atom stereocenters. The van der Waals surface area contributed by atoms with Gasteiger partial charge >= 0.3 is 0 Å². The smallest absolute Gasteiger partial charge is 0.238 e. The SMILES string of the molecule is CCNC(=NCC1CCCOC1C(C)(C)C)NCCc1ccc(S(N)(=O)=O)cc1. The van der Waals surface area contributed by atoms with Crippen molar-refractivity contribution in [3.63, 3.8) is 0 Å². The van der Waals surface area contributed by atoms with E-state index in [1.807, 2.05) is 6.92 Å². The fourth-order valence-electron chi connectivity index (χ4n) is 3.71. The van der Waals surface area contributed by atoms with Crippen molar-refractivity contribution >= 4 is 16.0 Å². The maximum atomic E-state index is 11.3. The molecule has 0 aromatic heterocycles. The second-order valence-electron chi connectivity index (χ2n) is 8.65. The zero-order valence-electron chi connectivity index (χ0n) is 18.1. The minimum atomic E-state index is -3.65. The summed E-state index contributed by atoms with van der Waals surface area (Å²) in [5.41, 5.74) is 1.14. The summed E-state index contributed by atoms with van der Waals surface area (Å²) in [5.74, 6) is 1.22. The van der Waals surface area contributed by atoms with Gasteiger partial charge in [-0.25, -0.2) is 13.6 Å². The third-order valence-electron chi connectivity index (χ3n) is 5.08. The van der Waals surface area contributed by atoms with Crippen molar-refractivity contribution < 1.29 is 13.2 Å². The third-order valence-corrected chi connectivity index (χ3v) is 6.01. The summed E-state index contributed by atoms with van der Waals surface area (Å²) in [6, 6.07) is 6.66. The number of rotatable bonds is 7. The highest BCUT2D eigenvalue weighted by molar-refractivity contribution is 7.89. The highest BCUT2D eigenvalue weighted by Gasteiger charge is 2.35. The van der Waals surface area contributed by atoms with Crippen LogP contribution in [0, 0.1) is 11.3 Å². The van der Waals surface area contributed by atoms with Crippen LogP contribution in [-0.2, 0) is 21.2 Å². The normalized spacial score (nSPS) is 21.1. The lowest BCUT2D eigenvalue weighted by atomic mass is 9.78. The lowest BCUT2D eigenvalue weighted by Gasteiger charge is -2.39. The van der Waals surface area contributed by atoms with Gasteiger partial charge in [0.1, 0.15) is 0 Å². The number of ether oxygens (including phenoxy) is 1. The summed E-state index contributed by atoms with van der Waals surface area (Å²) < 4.78 is 28.7. The van der Waals surface area contributed by atoms with E-state index in [-0.39, 0.29) is 16.4 Å². The van der Waals surface area contributed by atoms with Gasteiger partial charge in [0.25, 0.3) is 0 Å². The molecule has 1 heterocycles. The van der Waals surface area contributed by atoms with Gasteiger partial charge in [-0.2, -0.15) is 0 Å². The van der Waals surface area contributed by atoms with E-state index in [4.69, 9.17) is 14.9 Å². The lowest BCUT2D eigenvalue weighted by molar-refractivity contribution is -0.0823. The van der Waals surface area contributed by atoms with Crippen LogP contribution in [-0.4, -0.2) is 46.7 Å². The Morgan fingerprint density at radius 1 is 1.24 bits per heavy atom. The van der Waals surface area contributed by atoms with E-state index in [2.05, 4.69) is 31.4 Å². The van der Waals surface area contributed by atoms with Crippen LogP contribution >= 0.6 is 0 Å². The second kappa shape index (κ2) is 10.4. The fourth-order valence-corrected chi connectivity index (χ4v) is 4.22. The Morgan fingerprint density at radius 3 is 2.52 bits per heavy atom. The molecule has 8 heteroatoms. The van der Waals surface area contributed by atoms with Crippen LogP contribution in [0.3, 0.4) is 0 Å². The summed E-state index contributed by atoms with van der Waals surface area (Å²) in [7, 11) is -3.65. The molecule has 0 bridgehead atoms. The van der Waals surface area contributed by atoms with E-state index < -0.39 is 10.0 Å². The van der Waals surface area contributed by atoms with Crippen LogP contribution in [0.4, 0.5) is 0 Å². The minimum Gasteiger partial charge on any atom is -0.377 e. The largest absolute Gasteiger partial charge is 0.377 e. The first-order valence-corrected chi connectivity index (χ1v) is 11.9.